The summed E-state index contributed by atoms with van der Waals surface area (Å²) >= 11 is 6.07. The van der Waals surface area contributed by atoms with Crippen LogP contribution in [0.2, 0.25) is 5.02 Å². The second-order valence-corrected chi connectivity index (χ2v) is 5.23. The van der Waals surface area contributed by atoms with Crippen molar-refractivity contribution in [3.8, 4) is 0 Å². The van der Waals surface area contributed by atoms with E-state index in [1.165, 1.54) is 6.07 Å². The van der Waals surface area contributed by atoms with Gasteiger partial charge in [-0.05, 0) is 25.5 Å². The number of halogens is 2. The molecule has 0 fully saturated rings. The molecule has 0 atom stereocenters. The van der Waals surface area contributed by atoms with Gasteiger partial charge in [0.1, 0.15) is 17.5 Å². The minimum atomic E-state index is -0.322. The predicted octanol–water partition coefficient (Wildman–Crippen LogP) is 4.24. The lowest BCUT2D eigenvalue weighted by Gasteiger charge is -2.10. The molecule has 2 aromatic rings. The number of aromatic nitrogens is 2. The van der Waals surface area contributed by atoms with E-state index in [0.29, 0.717) is 22.8 Å². The van der Waals surface area contributed by atoms with Crippen LogP contribution in [0.15, 0.2) is 24.3 Å². The average Bonchev–Trinajstić information content (AvgIpc) is 2.44. The quantitative estimate of drug-likeness (QED) is 0.867. The number of hydrogen-bond acceptors (Lipinski definition) is 3. The van der Waals surface area contributed by atoms with Gasteiger partial charge < -0.3 is 5.32 Å². The third kappa shape index (κ3) is 4.14. The van der Waals surface area contributed by atoms with E-state index in [-0.39, 0.29) is 5.82 Å². The van der Waals surface area contributed by atoms with Crippen LogP contribution in [0, 0.1) is 5.82 Å². The molecular formula is C16H19ClFN3. The maximum absolute atomic E-state index is 13.9. The Hall–Kier alpha value is -1.68. The number of hydrogen-bond donors (Lipinski definition) is 1. The summed E-state index contributed by atoms with van der Waals surface area (Å²) in [5, 5.41) is 3.59. The van der Waals surface area contributed by atoms with Crippen LogP contribution in [0.5, 0.6) is 0 Å². The number of rotatable bonds is 6. The molecule has 1 N–H and O–H groups in total. The number of nitrogens with one attached hydrogen (secondary N) is 1. The molecule has 0 radical (unpaired) electrons. The standard InChI is InChI=1S/C16H19ClFN3/c1-3-6-11-9-15(19-4-2)21-16(20-11)10-12-13(17)7-5-8-14(12)18/h5,7-9H,3-4,6,10H2,1-2H3,(H,19,20,21). The fraction of sp³-hybridized carbons (Fsp3) is 0.375. The zero-order chi connectivity index (χ0) is 15.2. The van der Waals surface area contributed by atoms with Crippen LogP contribution in [-0.4, -0.2) is 16.5 Å². The zero-order valence-electron chi connectivity index (χ0n) is 12.3. The Bertz CT molecular complexity index is 572. The summed E-state index contributed by atoms with van der Waals surface area (Å²) in [5.74, 6) is 1.04. The maximum atomic E-state index is 13.9. The Balaban J connectivity index is 2.34. The molecule has 112 valence electrons. The lowest BCUT2D eigenvalue weighted by molar-refractivity contribution is 0.612. The van der Waals surface area contributed by atoms with Crippen molar-refractivity contribution in [1.82, 2.24) is 9.97 Å². The second-order valence-electron chi connectivity index (χ2n) is 4.82. The highest BCUT2D eigenvalue weighted by molar-refractivity contribution is 6.31. The van der Waals surface area contributed by atoms with Gasteiger partial charge >= 0.3 is 0 Å². The van der Waals surface area contributed by atoms with E-state index in [1.54, 1.807) is 12.1 Å². The monoisotopic (exact) mass is 307 g/mol. The Morgan fingerprint density at radius 1 is 1.24 bits per heavy atom. The van der Waals surface area contributed by atoms with Crippen LogP contribution >= 0.6 is 11.6 Å². The van der Waals surface area contributed by atoms with Gasteiger partial charge in [0.05, 0.1) is 0 Å². The van der Waals surface area contributed by atoms with Gasteiger partial charge in [-0.2, -0.15) is 0 Å². The fourth-order valence-electron chi connectivity index (χ4n) is 2.15. The first-order chi connectivity index (χ1) is 10.1. The van der Waals surface area contributed by atoms with Crippen LogP contribution in [0.4, 0.5) is 10.2 Å². The van der Waals surface area contributed by atoms with Crippen molar-refractivity contribution >= 4 is 17.4 Å². The topological polar surface area (TPSA) is 37.8 Å². The molecule has 0 saturated carbocycles. The highest BCUT2D eigenvalue weighted by atomic mass is 35.5. The van der Waals surface area contributed by atoms with Crippen molar-refractivity contribution in [3.63, 3.8) is 0 Å². The van der Waals surface area contributed by atoms with Crippen molar-refractivity contribution in [3.05, 3.63) is 52.2 Å². The maximum Gasteiger partial charge on any atom is 0.135 e. The summed E-state index contributed by atoms with van der Waals surface area (Å²) < 4.78 is 13.9. The molecule has 5 heteroatoms. The number of nitrogens with zero attached hydrogens (tertiary/aromatic N) is 2. The molecule has 0 aliphatic rings. The van der Waals surface area contributed by atoms with Gasteiger partial charge in [0.25, 0.3) is 0 Å². The molecule has 3 nitrogen and oxygen atoms in total. The Kier molecular flexibility index (Phi) is 5.51. The Labute approximate surface area is 129 Å². The summed E-state index contributed by atoms with van der Waals surface area (Å²) in [6, 6.07) is 6.63. The predicted molar refractivity (Wildman–Crippen MR) is 84.4 cm³/mol. The summed E-state index contributed by atoms with van der Waals surface area (Å²) in [5.41, 5.74) is 1.40. The molecule has 0 unspecified atom stereocenters. The lowest BCUT2D eigenvalue weighted by atomic mass is 10.1. The molecule has 0 aliphatic heterocycles. The van der Waals surface area contributed by atoms with Gasteiger partial charge in [0.15, 0.2) is 0 Å². The van der Waals surface area contributed by atoms with Crippen LogP contribution in [0.3, 0.4) is 0 Å². The van der Waals surface area contributed by atoms with Crippen molar-refractivity contribution in [1.29, 1.82) is 0 Å². The minimum Gasteiger partial charge on any atom is -0.370 e. The second kappa shape index (κ2) is 7.36. The molecular weight excluding hydrogens is 289 g/mol. The molecule has 0 aliphatic carbocycles. The Morgan fingerprint density at radius 2 is 2.05 bits per heavy atom. The van der Waals surface area contributed by atoms with Crippen LogP contribution in [-0.2, 0) is 12.8 Å². The molecule has 0 amide bonds. The van der Waals surface area contributed by atoms with Crippen LogP contribution in [0.1, 0.15) is 37.4 Å². The van der Waals surface area contributed by atoms with Gasteiger partial charge in [-0.25, -0.2) is 14.4 Å². The number of aryl methyl sites for hydroxylation is 1. The Morgan fingerprint density at radius 3 is 2.71 bits per heavy atom. The third-order valence-corrected chi connectivity index (χ3v) is 3.44. The molecule has 21 heavy (non-hydrogen) atoms. The van der Waals surface area contributed by atoms with Gasteiger partial charge in [0.2, 0.25) is 0 Å². The van der Waals surface area contributed by atoms with Crippen molar-refractivity contribution in [2.45, 2.75) is 33.1 Å². The van der Waals surface area contributed by atoms with E-state index in [2.05, 4.69) is 22.2 Å². The van der Waals surface area contributed by atoms with Crippen LogP contribution < -0.4 is 5.32 Å². The van der Waals surface area contributed by atoms with E-state index >= 15 is 0 Å². The highest BCUT2D eigenvalue weighted by Gasteiger charge is 2.11. The minimum absolute atomic E-state index is 0.293. The first-order valence-corrected chi connectivity index (χ1v) is 7.55. The van der Waals surface area contributed by atoms with E-state index in [1.807, 2.05) is 13.0 Å². The van der Waals surface area contributed by atoms with Gasteiger partial charge in [-0.15, -0.1) is 0 Å². The van der Waals surface area contributed by atoms with E-state index in [9.17, 15) is 4.39 Å². The molecule has 0 saturated heterocycles. The SMILES string of the molecule is CCCc1cc(NCC)nc(Cc2c(F)cccc2Cl)n1. The van der Waals surface area contributed by atoms with E-state index < -0.39 is 0 Å². The molecule has 1 aromatic heterocycles. The van der Waals surface area contributed by atoms with Gasteiger partial charge in [-0.1, -0.05) is 31.0 Å². The van der Waals surface area contributed by atoms with E-state index in [0.717, 1.165) is 30.9 Å². The fourth-order valence-corrected chi connectivity index (χ4v) is 2.38. The molecule has 1 aromatic carbocycles. The molecule has 0 bridgehead atoms. The summed E-state index contributed by atoms with van der Waals surface area (Å²) in [7, 11) is 0. The number of benzene rings is 1. The third-order valence-electron chi connectivity index (χ3n) is 3.09. The first-order valence-electron chi connectivity index (χ1n) is 7.17. The molecule has 1 heterocycles. The van der Waals surface area contributed by atoms with Crippen molar-refractivity contribution < 1.29 is 4.39 Å². The van der Waals surface area contributed by atoms with Gasteiger partial charge in [-0.3, -0.25) is 0 Å². The lowest BCUT2D eigenvalue weighted by Crippen LogP contribution is -2.07. The summed E-state index contributed by atoms with van der Waals surface area (Å²) in [6.45, 7) is 4.89. The number of anilines is 1. The first kappa shape index (κ1) is 15.7. The van der Waals surface area contributed by atoms with E-state index in [4.69, 9.17) is 11.6 Å². The van der Waals surface area contributed by atoms with Crippen molar-refractivity contribution in [2.24, 2.45) is 0 Å². The van der Waals surface area contributed by atoms with Crippen LogP contribution in [0.25, 0.3) is 0 Å². The summed E-state index contributed by atoms with van der Waals surface area (Å²) in [4.78, 5) is 8.94. The average molecular weight is 308 g/mol. The normalized spacial score (nSPS) is 10.7. The van der Waals surface area contributed by atoms with Gasteiger partial charge in [0, 0.05) is 35.3 Å². The van der Waals surface area contributed by atoms with Crippen molar-refractivity contribution in [2.75, 3.05) is 11.9 Å². The molecule has 2 rings (SSSR count). The zero-order valence-corrected chi connectivity index (χ0v) is 13.0. The summed E-state index contributed by atoms with van der Waals surface area (Å²) in [6.07, 6.45) is 2.17. The smallest absolute Gasteiger partial charge is 0.135 e. The largest absolute Gasteiger partial charge is 0.370 e. The highest BCUT2D eigenvalue weighted by Crippen LogP contribution is 2.22. The molecule has 0 spiro atoms.